The van der Waals surface area contributed by atoms with Crippen LogP contribution >= 0.6 is 11.6 Å². The number of fused-ring (bicyclic) bond motifs is 1. The molecule has 2 aromatic heterocycles. The molecule has 170 valence electrons. The van der Waals surface area contributed by atoms with Crippen molar-refractivity contribution < 1.29 is 9.53 Å². The monoisotopic (exact) mass is 462 g/mol. The summed E-state index contributed by atoms with van der Waals surface area (Å²) in [5.74, 6) is 0.536. The fourth-order valence-corrected chi connectivity index (χ4v) is 4.09. The number of hydrogen-bond donors (Lipinski definition) is 1. The van der Waals surface area contributed by atoms with Gasteiger partial charge in [-0.15, -0.1) is 0 Å². The van der Waals surface area contributed by atoms with E-state index in [0.29, 0.717) is 36.9 Å². The van der Waals surface area contributed by atoms with Gasteiger partial charge in [-0.3, -0.25) is 4.79 Å². The zero-order valence-electron chi connectivity index (χ0n) is 19.1. The van der Waals surface area contributed by atoms with Crippen LogP contribution in [-0.2, 0) is 17.8 Å². The second-order valence-corrected chi connectivity index (χ2v) is 8.32. The molecule has 0 saturated carbocycles. The van der Waals surface area contributed by atoms with Crippen LogP contribution in [0.5, 0.6) is 5.88 Å². The van der Waals surface area contributed by atoms with E-state index in [1.807, 2.05) is 73.1 Å². The summed E-state index contributed by atoms with van der Waals surface area (Å²) in [6, 6.07) is 17.4. The molecule has 0 bridgehead atoms. The van der Waals surface area contributed by atoms with Crippen LogP contribution in [0.3, 0.4) is 0 Å². The molecular formula is C26H27ClN4O2. The number of hydrogen-bond acceptors (Lipinski definition) is 4. The Morgan fingerprint density at radius 1 is 1.09 bits per heavy atom. The van der Waals surface area contributed by atoms with Gasteiger partial charge in [-0.05, 0) is 62.6 Å². The minimum Gasteiger partial charge on any atom is -0.478 e. The Kier molecular flexibility index (Phi) is 6.94. The number of amides is 1. The second-order valence-electron chi connectivity index (χ2n) is 7.89. The first-order valence-electron chi connectivity index (χ1n) is 11.1. The number of aryl methyl sites for hydroxylation is 2. The number of carbonyl (C=O) groups is 1. The zero-order chi connectivity index (χ0) is 23.4. The van der Waals surface area contributed by atoms with Crippen molar-refractivity contribution >= 4 is 28.5 Å². The van der Waals surface area contributed by atoms with Crippen molar-refractivity contribution in [2.45, 2.75) is 40.2 Å². The first-order valence-corrected chi connectivity index (χ1v) is 11.4. The van der Waals surface area contributed by atoms with Gasteiger partial charge >= 0.3 is 0 Å². The third-order valence-electron chi connectivity index (χ3n) is 5.62. The highest BCUT2D eigenvalue weighted by Crippen LogP contribution is 2.32. The van der Waals surface area contributed by atoms with Gasteiger partial charge in [0, 0.05) is 28.9 Å². The molecule has 33 heavy (non-hydrogen) atoms. The van der Waals surface area contributed by atoms with Gasteiger partial charge < -0.3 is 10.1 Å². The van der Waals surface area contributed by atoms with Crippen molar-refractivity contribution in [3.63, 3.8) is 0 Å². The summed E-state index contributed by atoms with van der Waals surface area (Å²) < 4.78 is 7.75. The number of benzene rings is 2. The Morgan fingerprint density at radius 3 is 2.52 bits per heavy atom. The fourth-order valence-electron chi connectivity index (χ4n) is 3.96. The van der Waals surface area contributed by atoms with E-state index in [1.165, 1.54) is 0 Å². The van der Waals surface area contributed by atoms with Crippen LogP contribution < -0.4 is 10.1 Å². The number of nitrogens with one attached hydrogen (secondary N) is 1. The summed E-state index contributed by atoms with van der Waals surface area (Å²) >= 11 is 5.93. The maximum absolute atomic E-state index is 12.5. The minimum absolute atomic E-state index is 0.0244. The SMILES string of the molecule is CCOc1nc2c(c(C)nn2-c2ccccc2)c(C)c1CCC(=O)NCc1ccc(Cl)cc1. The smallest absolute Gasteiger partial charge is 0.220 e. The number of nitrogens with zero attached hydrogens (tertiary/aromatic N) is 3. The van der Waals surface area contributed by atoms with Crippen molar-refractivity contribution in [2.24, 2.45) is 0 Å². The molecule has 0 aliphatic heterocycles. The molecule has 7 heteroatoms. The molecule has 0 unspecified atom stereocenters. The van der Waals surface area contributed by atoms with E-state index in [9.17, 15) is 4.79 Å². The number of carbonyl (C=O) groups excluding carboxylic acids is 1. The van der Waals surface area contributed by atoms with Gasteiger partial charge in [0.05, 0.1) is 18.0 Å². The summed E-state index contributed by atoms with van der Waals surface area (Å²) in [6.07, 6.45) is 0.875. The van der Waals surface area contributed by atoms with Crippen molar-refractivity contribution in [1.82, 2.24) is 20.1 Å². The van der Waals surface area contributed by atoms with E-state index in [2.05, 4.69) is 12.2 Å². The average Bonchev–Trinajstić information content (AvgIpc) is 3.15. The zero-order valence-corrected chi connectivity index (χ0v) is 19.8. The van der Waals surface area contributed by atoms with E-state index >= 15 is 0 Å². The number of rotatable bonds is 8. The molecular weight excluding hydrogens is 436 g/mol. The number of ether oxygens (including phenoxy) is 1. The summed E-state index contributed by atoms with van der Waals surface area (Å²) in [6.45, 7) is 6.93. The van der Waals surface area contributed by atoms with E-state index in [1.54, 1.807) is 0 Å². The normalized spacial score (nSPS) is 11.0. The second kappa shape index (κ2) is 10.0. The van der Waals surface area contributed by atoms with Crippen LogP contribution in [0.1, 0.15) is 35.7 Å². The van der Waals surface area contributed by atoms with Crippen LogP contribution in [0.2, 0.25) is 5.02 Å². The molecule has 4 rings (SSSR count). The Hall–Kier alpha value is -3.38. The minimum atomic E-state index is -0.0244. The highest BCUT2D eigenvalue weighted by Gasteiger charge is 2.20. The molecule has 2 aromatic carbocycles. The number of aromatic nitrogens is 3. The van der Waals surface area contributed by atoms with Crippen LogP contribution in [0.15, 0.2) is 54.6 Å². The maximum Gasteiger partial charge on any atom is 0.220 e. The molecule has 0 spiro atoms. The van der Waals surface area contributed by atoms with E-state index in [4.69, 9.17) is 26.4 Å². The van der Waals surface area contributed by atoms with Gasteiger partial charge in [0.2, 0.25) is 11.8 Å². The molecule has 1 N–H and O–H groups in total. The number of pyridine rings is 1. The van der Waals surface area contributed by atoms with Gasteiger partial charge in [0.15, 0.2) is 5.65 Å². The molecule has 1 amide bonds. The molecule has 0 fully saturated rings. The third-order valence-corrected chi connectivity index (χ3v) is 5.87. The molecule has 0 atom stereocenters. The molecule has 4 aromatic rings. The Bertz CT molecular complexity index is 1270. The number of para-hydroxylation sites is 1. The predicted molar refractivity (Wildman–Crippen MR) is 131 cm³/mol. The van der Waals surface area contributed by atoms with E-state index in [-0.39, 0.29) is 5.91 Å². The predicted octanol–water partition coefficient (Wildman–Crippen LogP) is 5.34. The van der Waals surface area contributed by atoms with E-state index < -0.39 is 0 Å². The average molecular weight is 463 g/mol. The topological polar surface area (TPSA) is 69.0 Å². The third kappa shape index (κ3) is 5.01. The maximum atomic E-state index is 12.5. The van der Waals surface area contributed by atoms with Gasteiger partial charge in [-0.2, -0.15) is 10.1 Å². The first-order chi connectivity index (χ1) is 16.0. The lowest BCUT2D eigenvalue weighted by atomic mass is 10.0. The molecule has 0 radical (unpaired) electrons. The van der Waals surface area contributed by atoms with Gasteiger partial charge in [0.1, 0.15) is 0 Å². The van der Waals surface area contributed by atoms with Crippen LogP contribution in [0.4, 0.5) is 0 Å². The van der Waals surface area contributed by atoms with Crippen LogP contribution in [0.25, 0.3) is 16.7 Å². The highest BCUT2D eigenvalue weighted by atomic mass is 35.5. The van der Waals surface area contributed by atoms with Crippen molar-refractivity contribution in [3.05, 3.63) is 82.0 Å². The van der Waals surface area contributed by atoms with Gasteiger partial charge in [-0.25, -0.2) is 4.68 Å². The highest BCUT2D eigenvalue weighted by molar-refractivity contribution is 6.30. The summed E-state index contributed by atoms with van der Waals surface area (Å²) in [5, 5.41) is 9.39. The fraction of sp³-hybridized carbons (Fsp3) is 0.269. The Balaban J connectivity index is 1.58. The molecule has 0 aliphatic carbocycles. The molecule has 6 nitrogen and oxygen atoms in total. The standard InChI is InChI=1S/C26H27ClN4O2/c1-4-33-26-22(14-15-23(32)28-16-19-10-12-20(27)13-11-19)17(2)24-18(3)30-31(25(24)29-26)21-8-6-5-7-9-21/h5-13H,4,14-16H2,1-3H3,(H,28,32). The summed E-state index contributed by atoms with van der Waals surface area (Å²) in [7, 11) is 0. The van der Waals surface area contributed by atoms with Gasteiger partial charge in [-0.1, -0.05) is 41.9 Å². The quantitative estimate of drug-likeness (QED) is 0.384. The Morgan fingerprint density at radius 2 is 1.82 bits per heavy atom. The van der Waals surface area contributed by atoms with Crippen LogP contribution in [-0.4, -0.2) is 27.3 Å². The van der Waals surface area contributed by atoms with E-state index in [0.717, 1.165) is 39.1 Å². The summed E-state index contributed by atoms with van der Waals surface area (Å²) in [5.41, 5.74) is 5.60. The number of halogens is 1. The lowest BCUT2D eigenvalue weighted by Gasteiger charge is -2.14. The summed E-state index contributed by atoms with van der Waals surface area (Å²) in [4.78, 5) is 17.4. The van der Waals surface area contributed by atoms with Gasteiger partial charge in [0.25, 0.3) is 0 Å². The van der Waals surface area contributed by atoms with Crippen molar-refractivity contribution in [1.29, 1.82) is 0 Å². The largest absolute Gasteiger partial charge is 0.478 e. The molecule has 0 aliphatic rings. The lowest BCUT2D eigenvalue weighted by Crippen LogP contribution is -2.23. The molecule has 2 heterocycles. The lowest BCUT2D eigenvalue weighted by molar-refractivity contribution is -0.121. The van der Waals surface area contributed by atoms with Crippen molar-refractivity contribution in [2.75, 3.05) is 6.61 Å². The first kappa shape index (κ1) is 22.8. The van der Waals surface area contributed by atoms with Crippen molar-refractivity contribution in [3.8, 4) is 11.6 Å². The molecule has 0 saturated heterocycles. The van der Waals surface area contributed by atoms with Crippen LogP contribution in [0, 0.1) is 13.8 Å². The Labute approximate surface area is 198 Å².